The first kappa shape index (κ1) is 11.1. The van der Waals surface area contributed by atoms with Gasteiger partial charge in [0.2, 0.25) is 5.13 Å². The number of hydrogen-bond acceptors (Lipinski definition) is 5. The van der Waals surface area contributed by atoms with E-state index in [-0.39, 0.29) is 5.38 Å². The highest BCUT2D eigenvalue weighted by atomic mass is 35.5. The lowest BCUT2D eigenvalue weighted by Gasteiger charge is -2.18. The normalized spacial score (nSPS) is 22.8. The Labute approximate surface area is 98.4 Å². The van der Waals surface area contributed by atoms with Crippen LogP contribution in [0.15, 0.2) is 0 Å². The van der Waals surface area contributed by atoms with E-state index in [2.05, 4.69) is 21.2 Å². The van der Waals surface area contributed by atoms with E-state index in [0.717, 1.165) is 30.5 Å². The molecule has 1 fully saturated rings. The van der Waals surface area contributed by atoms with Gasteiger partial charge in [-0.05, 0) is 0 Å². The van der Waals surface area contributed by atoms with Gasteiger partial charge in [0.05, 0.1) is 18.6 Å². The average Bonchev–Trinajstić information content (AvgIpc) is 2.61. The van der Waals surface area contributed by atoms with Gasteiger partial charge in [-0.15, -0.1) is 11.6 Å². The van der Waals surface area contributed by atoms with Crippen LogP contribution in [0, 0.1) is 0 Å². The summed E-state index contributed by atoms with van der Waals surface area (Å²) in [4.78, 5) is 6.60. The Hall–Kier alpha value is -0.390. The molecule has 1 aromatic rings. The number of aromatic nitrogens is 2. The zero-order valence-electron chi connectivity index (χ0n) is 8.65. The van der Waals surface area contributed by atoms with Crippen molar-refractivity contribution in [3.63, 3.8) is 0 Å². The molecule has 1 atom stereocenters. The molecule has 84 valence electrons. The molecule has 0 N–H and O–H groups in total. The molecule has 2 heterocycles. The maximum Gasteiger partial charge on any atom is 0.205 e. The van der Waals surface area contributed by atoms with E-state index in [1.165, 1.54) is 11.5 Å². The van der Waals surface area contributed by atoms with Crippen LogP contribution in [0.2, 0.25) is 0 Å². The largest absolute Gasteiger partial charge is 0.378 e. The number of aryl methyl sites for hydroxylation is 1. The number of hydrogen-bond donors (Lipinski definition) is 0. The number of ether oxygens (including phenoxy) is 1. The van der Waals surface area contributed by atoms with Crippen LogP contribution in [0.5, 0.6) is 0 Å². The van der Waals surface area contributed by atoms with Crippen molar-refractivity contribution in [1.82, 2.24) is 9.36 Å². The minimum Gasteiger partial charge on any atom is -0.378 e. The van der Waals surface area contributed by atoms with E-state index in [4.69, 9.17) is 16.3 Å². The molecule has 4 nitrogen and oxygen atoms in total. The molecule has 15 heavy (non-hydrogen) atoms. The highest BCUT2D eigenvalue weighted by molar-refractivity contribution is 7.09. The fourth-order valence-corrected chi connectivity index (χ4v) is 2.50. The second kappa shape index (κ2) is 5.09. The quantitative estimate of drug-likeness (QED) is 0.744. The molecule has 0 spiro atoms. The Morgan fingerprint density at radius 3 is 3.27 bits per heavy atom. The SMILES string of the molecule is CCc1nsc(N2CCOCC(Cl)C2)n1. The van der Waals surface area contributed by atoms with Gasteiger partial charge in [0, 0.05) is 31.0 Å². The van der Waals surface area contributed by atoms with Gasteiger partial charge < -0.3 is 9.64 Å². The van der Waals surface area contributed by atoms with Crippen molar-refractivity contribution in [2.75, 3.05) is 31.2 Å². The van der Waals surface area contributed by atoms with E-state index in [9.17, 15) is 0 Å². The van der Waals surface area contributed by atoms with E-state index < -0.39 is 0 Å². The first-order valence-corrected chi connectivity index (χ1v) is 6.30. The fourth-order valence-electron chi connectivity index (χ4n) is 1.46. The summed E-state index contributed by atoms with van der Waals surface area (Å²) in [6.45, 7) is 5.03. The molecule has 0 saturated carbocycles. The van der Waals surface area contributed by atoms with Crippen LogP contribution in [0.25, 0.3) is 0 Å². The predicted molar refractivity (Wildman–Crippen MR) is 62.0 cm³/mol. The van der Waals surface area contributed by atoms with Crippen LogP contribution < -0.4 is 4.90 Å². The summed E-state index contributed by atoms with van der Waals surface area (Å²) in [6.07, 6.45) is 0.880. The van der Waals surface area contributed by atoms with Crippen molar-refractivity contribution in [2.24, 2.45) is 0 Å². The van der Waals surface area contributed by atoms with Gasteiger partial charge in [0.1, 0.15) is 5.82 Å². The zero-order chi connectivity index (χ0) is 10.7. The topological polar surface area (TPSA) is 38.2 Å². The Kier molecular flexibility index (Phi) is 3.77. The van der Waals surface area contributed by atoms with Crippen LogP contribution in [0.4, 0.5) is 5.13 Å². The third kappa shape index (κ3) is 2.80. The standard InChI is InChI=1S/C9H14ClN3OS/c1-2-8-11-9(15-12-8)13-3-4-14-6-7(10)5-13/h7H,2-6H2,1H3. The summed E-state index contributed by atoms with van der Waals surface area (Å²) in [5.41, 5.74) is 0. The van der Waals surface area contributed by atoms with Crippen LogP contribution in [0.3, 0.4) is 0 Å². The number of alkyl halides is 1. The van der Waals surface area contributed by atoms with E-state index in [1.807, 2.05) is 0 Å². The highest BCUT2D eigenvalue weighted by Gasteiger charge is 2.19. The monoisotopic (exact) mass is 247 g/mol. The minimum atomic E-state index is 0.0430. The lowest BCUT2D eigenvalue weighted by molar-refractivity contribution is 0.154. The van der Waals surface area contributed by atoms with Crippen molar-refractivity contribution >= 4 is 28.3 Å². The molecule has 0 bridgehead atoms. The number of anilines is 1. The average molecular weight is 248 g/mol. The molecule has 2 rings (SSSR count). The molecule has 0 aliphatic carbocycles. The molecule has 1 aliphatic heterocycles. The molecule has 0 radical (unpaired) electrons. The Balaban J connectivity index is 2.07. The Morgan fingerprint density at radius 2 is 2.53 bits per heavy atom. The third-order valence-corrected chi connectivity index (χ3v) is 3.35. The second-order valence-electron chi connectivity index (χ2n) is 3.46. The van der Waals surface area contributed by atoms with Crippen molar-refractivity contribution in [3.05, 3.63) is 5.82 Å². The molecule has 1 saturated heterocycles. The smallest absolute Gasteiger partial charge is 0.205 e. The summed E-state index contributed by atoms with van der Waals surface area (Å²) >= 11 is 7.54. The summed E-state index contributed by atoms with van der Waals surface area (Å²) in [7, 11) is 0. The Morgan fingerprint density at radius 1 is 1.67 bits per heavy atom. The van der Waals surface area contributed by atoms with Crippen molar-refractivity contribution in [1.29, 1.82) is 0 Å². The molecular weight excluding hydrogens is 234 g/mol. The Bertz CT molecular complexity index is 320. The lowest BCUT2D eigenvalue weighted by Crippen LogP contribution is -2.30. The van der Waals surface area contributed by atoms with E-state index in [0.29, 0.717) is 13.2 Å². The summed E-state index contributed by atoms with van der Waals surface area (Å²) < 4.78 is 9.64. The predicted octanol–water partition coefficient (Wildman–Crippen LogP) is 1.54. The first-order chi connectivity index (χ1) is 7.29. The summed E-state index contributed by atoms with van der Waals surface area (Å²) in [5, 5.41) is 1.00. The van der Waals surface area contributed by atoms with E-state index >= 15 is 0 Å². The summed E-state index contributed by atoms with van der Waals surface area (Å²) in [5.74, 6) is 0.909. The first-order valence-electron chi connectivity index (χ1n) is 5.09. The maximum atomic E-state index is 6.10. The number of nitrogens with zero attached hydrogens (tertiary/aromatic N) is 3. The zero-order valence-corrected chi connectivity index (χ0v) is 10.2. The van der Waals surface area contributed by atoms with Crippen LogP contribution in [-0.4, -0.2) is 41.0 Å². The van der Waals surface area contributed by atoms with Crippen molar-refractivity contribution in [2.45, 2.75) is 18.7 Å². The van der Waals surface area contributed by atoms with Gasteiger partial charge in [-0.25, -0.2) is 4.98 Å². The highest BCUT2D eigenvalue weighted by Crippen LogP contribution is 2.20. The van der Waals surface area contributed by atoms with Crippen LogP contribution in [0.1, 0.15) is 12.7 Å². The number of halogens is 1. The van der Waals surface area contributed by atoms with E-state index in [1.54, 1.807) is 0 Å². The number of rotatable bonds is 2. The molecule has 0 aromatic carbocycles. The molecule has 1 aliphatic rings. The van der Waals surface area contributed by atoms with Crippen LogP contribution >= 0.6 is 23.1 Å². The maximum absolute atomic E-state index is 6.10. The van der Waals surface area contributed by atoms with Gasteiger partial charge in [-0.2, -0.15) is 4.37 Å². The van der Waals surface area contributed by atoms with Crippen molar-refractivity contribution < 1.29 is 4.74 Å². The molecule has 1 aromatic heterocycles. The molecular formula is C9H14ClN3OS. The third-order valence-electron chi connectivity index (χ3n) is 2.27. The lowest BCUT2D eigenvalue weighted by atomic mass is 10.4. The van der Waals surface area contributed by atoms with Gasteiger partial charge >= 0.3 is 0 Å². The minimum absolute atomic E-state index is 0.0430. The van der Waals surface area contributed by atoms with Gasteiger partial charge in [-0.3, -0.25) is 0 Å². The molecule has 6 heteroatoms. The molecule has 1 unspecified atom stereocenters. The van der Waals surface area contributed by atoms with Crippen LogP contribution in [-0.2, 0) is 11.2 Å². The molecule has 0 amide bonds. The van der Waals surface area contributed by atoms with Gasteiger partial charge in [0.15, 0.2) is 0 Å². The van der Waals surface area contributed by atoms with Gasteiger partial charge in [0.25, 0.3) is 0 Å². The summed E-state index contributed by atoms with van der Waals surface area (Å²) in [6, 6.07) is 0. The van der Waals surface area contributed by atoms with Crippen molar-refractivity contribution in [3.8, 4) is 0 Å². The fraction of sp³-hybridized carbons (Fsp3) is 0.778. The second-order valence-corrected chi connectivity index (χ2v) is 4.81. The van der Waals surface area contributed by atoms with Gasteiger partial charge in [-0.1, -0.05) is 6.92 Å².